The quantitative estimate of drug-likeness (QED) is 0.412. The van der Waals surface area contributed by atoms with E-state index in [1.165, 1.54) is 0 Å². The summed E-state index contributed by atoms with van der Waals surface area (Å²) >= 11 is 0. The fourth-order valence-corrected chi connectivity index (χ4v) is 2.41. The molecule has 0 spiro atoms. The topological polar surface area (TPSA) is 151 Å². The van der Waals surface area contributed by atoms with Gasteiger partial charge in [0.05, 0.1) is 6.61 Å². The Bertz CT molecular complexity index is 540. The van der Waals surface area contributed by atoms with Crippen LogP contribution in [0.25, 0.3) is 0 Å². The van der Waals surface area contributed by atoms with Crippen LogP contribution < -0.4 is 5.73 Å². The number of halogens is 1. The zero-order chi connectivity index (χ0) is 18.7. The monoisotopic (exact) mass is 427 g/mol. The molecule has 0 amide bonds. The van der Waals surface area contributed by atoms with Crippen LogP contribution in [0.15, 0.2) is 0 Å². The van der Waals surface area contributed by atoms with E-state index in [-0.39, 0.29) is 17.0 Å². The van der Waals surface area contributed by atoms with E-state index in [0.29, 0.717) is 0 Å². The predicted octanol–water partition coefficient (Wildman–Crippen LogP) is -1.01. The van der Waals surface area contributed by atoms with Gasteiger partial charge in [0.1, 0.15) is 6.10 Å². The summed E-state index contributed by atoms with van der Waals surface area (Å²) in [5.74, 6) is -3.11. The van der Waals surface area contributed by atoms with Crippen LogP contribution in [0.2, 0.25) is 0 Å². The Hall–Kier alpha value is -1.56. The van der Waals surface area contributed by atoms with E-state index in [0.717, 1.165) is 27.7 Å². The smallest absolute Gasteiger partial charge is 0.305 e. The highest BCUT2D eigenvalue weighted by molar-refractivity contribution is 8.93. The zero-order valence-corrected chi connectivity index (χ0v) is 15.9. The molecule has 0 bridgehead atoms. The van der Waals surface area contributed by atoms with Gasteiger partial charge in [0.2, 0.25) is 6.29 Å². The third-order valence-corrected chi connectivity index (χ3v) is 3.48. The second kappa shape index (κ2) is 9.22. The number of ether oxygens (including phenoxy) is 4. The van der Waals surface area contributed by atoms with Crippen molar-refractivity contribution in [3.8, 4) is 0 Å². The van der Waals surface area contributed by atoms with Crippen molar-refractivity contribution in [3.63, 3.8) is 0 Å². The van der Waals surface area contributed by atoms with Crippen molar-refractivity contribution < 1.29 is 43.2 Å². The number of carbonyl (C=O) groups is 4. The lowest BCUT2D eigenvalue weighted by atomic mass is 9.80. The van der Waals surface area contributed by atoms with Gasteiger partial charge in [-0.05, 0) is 6.92 Å². The van der Waals surface area contributed by atoms with E-state index >= 15 is 0 Å². The van der Waals surface area contributed by atoms with Gasteiger partial charge in [0.15, 0.2) is 23.5 Å². The van der Waals surface area contributed by atoms with Gasteiger partial charge in [-0.3, -0.25) is 19.2 Å². The number of hydrogen-bond donors (Lipinski definition) is 2. The standard InChI is InChI=1S/C14H21NO9.BrH/c1-6(17)14(15)12(22-8(3)19)11(21-7(2)18)10(5-16)24-13(14)23-9(4)20;/h10-13,16H,5,15H2,1-4H3;1H/t10-,11-,12+,13+,14+;/m1./s1. The van der Waals surface area contributed by atoms with Crippen LogP contribution in [0.3, 0.4) is 0 Å². The Balaban J connectivity index is 0.00000576. The number of Topliss-reactive ketones (excluding diaryl/α,β-unsaturated/α-hetero) is 1. The summed E-state index contributed by atoms with van der Waals surface area (Å²) in [5, 5.41) is 9.46. The van der Waals surface area contributed by atoms with E-state index in [4.69, 9.17) is 24.7 Å². The van der Waals surface area contributed by atoms with Crippen molar-refractivity contribution in [3.05, 3.63) is 0 Å². The summed E-state index contributed by atoms with van der Waals surface area (Å²) in [6, 6.07) is 0. The van der Waals surface area contributed by atoms with Crippen LogP contribution in [-0.4, -0.2) is 65.5 Å². The third-order valence-electron chi connectivity index (χ3n) is 3.48. The lowest BCUT2D eigenvalue weighted by molar-refractivity contribution is -0.283. The van der Waals surface area contributed by atoms with E-state index in [1.54, 1.807) is 0 Å². The number of aliphatic hydroxyl groups is 1. The fourth-order valence-electron chi connectivity index (χ4n) is 2.41. The van der Waals surface area contributed by atoms with Crippen molar-refractivity contribution >= 4 is 40.7 Å². The van der Waals surface area contributed by atoms with Gasteiger partial charge < -0.3 is 29.8 Å². The molecule has 11 heteroatoms. The molecule has 0 aromatic heterocycles. The molecule has 0 saturated carbocycles. The second-order valence-corrected chi connectivity index (χ2v) is 5.39. The maximum absolute atomic E-state index is 12.1. The van der Waals surface area contributed by atoms with Crippen LogP contribution in [-0.2, 0) is 38.1 Å². The molecule has 0 aliphatic carbocycles. The third kappa shape index (κ3) is 5.21. The summed E-state index contributed by atoms with van der Waals surface area (Å²) in [6.07, 6.45) is -5.75. The molecule has 1 saturated heterocycles. The van der Waals surface area contributed by atoms with Gasteiger partial charge in [-0.1, -0.05) is 0 Å². The van der Waals surface area contributed by atoms with Crippen LogP contribution in [0.5, 0.6) is 0 Å². The molecular formula is C14H22BrNO9. The molecule has 1 aliphatic heterocycles. The van der Waals surface area contributed by atoms with Crippen LogP contribution >= 0.6 is 17.0 Å². The Kier molecular flexibility index (Phi) is 8.65. The van der Waals surface area contributed by atoms with Crippen LogP contribution in [0.1, 0.15) is 27.7 Å². The van der Waals surface area contributed by atoms with E-state index in [2.05, 4.69) is 0 Å². The van der Waals surface area contributed by atoms with Gasteiger partial charge in [-0.25, -0.2) is 0 Å². The summed E-state index contributed by atoms with van der Waals surface area (Å²) in [4.78, 5) is 46.2. The molecule has 1 heterocycles. The normalized spacial score (nSPS) is 31.3. The van der Waals surface area contributed by atoms with Gasteiger partial charge in [0, 0.05) is 20.8 Å². The molecule has 10 nitrogen and oxygen atoms in total. The molecule has 1 fully saturated rings. The number of ketones is 1. The van der Waals surface area contributed by atoms with E-state index < -0.39 is 60.4 Å². The number of hydrogen-bond acceptors (Lipinski definition) is 10. The highest BCUT2D eigenvalue weighted by Gasteiger charge is 2.62. The van der Waals surface area contributed by atoms with E-state index in [9.17, 15) is 24.3 Å². The van der Waals surface area contributed by atoms with Gasteiger partial charge in [0.25, 0.3) is 0 Å². The molecule has 144 valence electrons. The number of rotatable bonds is 5. The van der Waals surface area contributed by atoms with Gasteiger partial charge in [-0.15, -0.1) is 17.0 Å². The van der Waals surface area contributed by atoms with Crippen LogP contribution in [0.4, 0.5) is 0 Å². The average molecular weight is 428 g/mol. The largest absolute Gasteiger partial charge is 0.456 e. The zero-order valence-electron chi connectivity index (χ0n) is 14.2. The van der Waals surface area contributed by atoms with Crippen molar-refractivity contribution in [1.82, 2.24) is 0 Å². The Morgan fingerprint density at radius 2 is 1.48 bits per heavy atom. The van der Waals surface area contributed by atoms with Crippen LogP contribution in [0, 0.1) is 0 Å². The number of nitrogens with two attached hydrogens (primary N) is 1. The van der Waals surface area contributed by atoms with E-state index in [1.807, 2.05) is 0 Å². The predicted molar refractivity (Wildman–Crippen MR) is 86.5 cm³/mol. The minimum absolute atomic E-state index is 0. The minimum Gasteiger partial charge on any atom is -0.456 e. The van der Waals surface area contributed by atoms with Crippen molar-refractivity contribution in [1.29, 1.82) is 0 Å². The number of esters is 3. The lowest BCUT2D eigenvalue weighted by Crippen LogP contribution is -2.76. The molecule has 1 rings (SSSR count). The Morgan fingerprint density at radius 1 is 1.00 bits per heavy atom. The molecule has 0 radical (unpaired) electrons. The average Bonchev–Trinajstić information content (AvgIpc) is 2.44. The van der Waals surface area contributed by atoms with Crippen molar-refractivity contribution in [2.24, 2.45) is 5.73 Å². The van der Waals surface area contributed by atoms with Crippen molar-refractivity contribution in [2.75, 3.05) is 6.61 Å². The fraction of sp³-hybridized carbons (Fsp3) is 0.714. The first-order valence-electron chi connectivity index (χ1n) is 7.11. The van der Waals surface area contributed by atoms with Gasteiger partial charge in [-0.2, -0.15) is 0 Å². The number of carbonyl (C=O) groups excluding carboxylic acids is 4. The molecule has 0 aromatic carbocycles. The first kappa shape index (κ1) is 23.4. The lowest BCUT2D eigenvalue weighted by Gasteiger charge is -2.48. The Labute approximate surface area is 154 Å². The first-order chi connectivity index (χ1) is 11.0. The maximum atomic E-state index is 12.1. The molecular weight excluding hydrogens is 406 g/mol. The molecule has 25 heavy (non-hydrogen) atoms. The minimum atomic E-state index is -2.12. The molecule has 0 aromatic rings. The Morgan fingerprint density at radius 3 is 1.84 bits per heavy atom. The highest BCUT2D eigenvalue weighted by Crippen LogP contribution is 2.34. The highest BCUT2D eigenvalue weighted by atomic mass is 79.9. The SMILES string of the molecule is Br.CC(=O)O[C@@H]1[C@@H](CO)O[C@H](OC(C)=O)[C@](N)(C(C)=O)[C@H]1OC(C)=O. The molecule has 0 unspecified atom stereocenters. The molecule has 1 aliphatic rings. The maximum Gasteiger partial charge on any atom is 0.305 e. The summed E-state index contributed by atoms with van der Waals surface area (Å²) in [5.41, 5.74) is 3.95. The summed E-state index contributed by atoms with van der Waals surface area (Å²) in [7, 11) is 0. The first-order valence-corrected chi connectivity index (χ1v) is 7.11. The summed E-state index contributed by atoms with van der Waals surface area (Å²) < 4.78 is 20.4. The number of aliphatic hydroxyl groups excluding tert-OH is 1. The summed E-state index contributed by atoms with van der Waals surface area (Å²) in [6.45, 7) is 3.64. The molecule has 5 atom stereocenters. The van der Waals surface area contributed by atoms with Gasteiger partial charge >= 0.3 is 17.9 Å². The molecule has 3 N–H and O–H groups in total. The second-order valence-electron chi connectivity index (χ2n) is 5.39. The van der Waals surface area contributed by atoms with Crippen molar-refractivity contribution in [2.45, 2.75) is 57.8 Å².